The van der Waals surface area contributed by atoms with Crippen LogP contribution in [0.5, 0.6) is 0 Å². The van der Waals surface area contributed by atoms with E-state index < -0.39 is 35.7 Å². The van der Waals surface area contributed by atoms with E-state index in [1.807, 2.05) is 0 Å². The molecule has 1 amide bonds. The Morgan fingerprint density at radius 2 is 1.90 bits per heavy atom. The van der Waals surface area contributed by atoms with Crippen LogP contribution in [0, 0.1) is 5.82 Å². The number of hydrogen-bond donors (Lipinski definition) is 2. The maximum absolute atomic E-state index is 13.1. The Morgan fingerprint density at radius 1 is 1.21 bits per heavy atom. The molecule has 9 heteroatoms. The van der Waals surface area contributed by atoms with Gasteiger partial charge >= 0.3 is 11.9 Å². The molecule has 1 aliphatic rings. The maximum Gasteiger partial charge on any atom is 0.339 e. The highest BCUT2D eigenvalue weighted by atomic mass is 19.1. The average Bonchev–Trinajstić information content (AvgIpc) is 3.13. The molecule has 0 fully saturated rings. The van der Waals surface area contributed by atoms with E-state index in [0.717, 1.165) is 0 Å². The summed E-state index contributed by atoms with van der Waals surface area (Å²) in [7, 11) is 1.20. The van der Waals surface area contributed by atoms with Crippen molar-refractivity contribution in [2.24, 2.45) is 5.16 Å². The molecule has 0 saturated carbocycles. The number of carboxylic acid groups (broad SMARTS) is 1. The Bertz CT molecular complexity index is 989. The van der Waals surface area contributed by atoms with Gasteiger partial charge in [0.25, 0.3) is 5.91 Å². The SMILES string of the molecule is COC(=O)c1ccccc1NC(=O)[C@]1(CC(=O)O)CC(c2ccc(F)cc2)=NO1. The minimum Gasteiger partial charge on any atom is -0.481 e. The van der Waals surface area contributed by atoms with Gasteiger partial charge in [-0.3, -0.25) is 9.59 Å². The zero-order valence-electron chi connectivity index (χ0n) is 15.3. The molecule has 3 rings (SSSR count). The van der Waals surface area contributed by atoms with Crippen molar-refractivity contribution < 1.29 is 33.5 Å². The minimum absolute atomic E-state index is 0.103. The van der Waals surface area contributed by atoms with Crippen LogP contribution in [0.4, 0.5) is 10.1 Å². The van der Waals surface area contributed by atoms with Gasteiger partial charge in [0.05, 0.1) is 30.5 Å². The summed E-state index contributed by atoms with van der Waals surface area (Å²) in [5.74, 6) is -3.15. The molecule has 2 aromatic rings. The number of halogens is 1. The van der Waals surface area contributed by atoms with E-state index in [0.29, 0.717) is 11.3 Å². The van der Waals surface area contributed by atoms with Gasteiger partial charge in [0.15, 0.2) is 0 Å². The highest BCUT2D eigenvalue weighted by Crippen LogP contribution is 2.32. The summed E-state index contributed by atoms with van der Waals surface area (Å²) in [6.07, 6.45) is -0.801. The van der Waals surface area contributed by atoms with Crippen LogP contribution in [-0.4, -0.2) is 41.4 Å². The number of esters is 1. The minimum atomic E-state index is -1.82. The molecule has 29 heavy (non-hydrogen) atoms. The first-order chi connectivity index (χ1) is 13.8. The smallest absolute Gasteiger partial charge is 0.339 e. The van der Waals surface area contributed by atoms with E-state index in [2.05, 4.69) is 15.2 Å². The lowest BCUT2D eigenvalue weighted by Crippen LogP contribution is -2.45. The van der Waals surface area contributed by atoms with Crippen molar-refractivity contribution in [3.05, 3.63) is 65.5 Å². The van der Waals surface area contributed by atoms with Crippen LogP contribution in [0.1, 0.15) is 28.8 Å². The molecule has 150 valence electrons. The Kier molecular flexibility index (Phi) is 5.58. The molecule has 0 bridgehead atoms. The van der Waals surface area contributed by atoms with E-state index >= 15 is 0 Å². The van der Waals surface area contributed by atoms with Gasteiger partial charge < -0.3 is 20.0 Å². The standard InChI is InChI=1S/C20H17FN2O6/c1-28-18(26)14-4-2-3-5-15(14)22-19(27)20(11-17(24)25)10-16(23-29-20)12-6-8-13(21)9-7-12/h2-9H,10-11H2,1H3,(H,22,27)(H,24,25)/t20-/m1/s1. The molecular formula is C20H17FN2O6. The third-order valence-electron chi connectivity index (χ3n) is 4.39. The van der Waals surface area contributed by atoms with Crippen LogP contribution in [-0.2, 0) is 19.2 Å². The van der Waals surface area contributed by atoms with Crippen molar-refractivity contribution in [3.63, 3.8) is 0 Å². The predicted molar refractivity (Wildman–Crippen MR) is 100 cm³/mol. The highest BCUT2D eigenvalue weighted by Gasteiger charge is 2.49. The fraction of sp³-hybridized carbons (Fsp3) is 0.200. The van der Waals surface area contributed by atoms with Gasteiger partial charge in [0, 0.05) is 6.42 Å². The van der Waals surface area contributed by atoms with E-state index in [4.69, 9.17) is 4.84 Å². The van der Waals surface area contributed by atoms with Crippen molar-refractivity contribution in [2.75, 3.05) is 12.4 Å². The van der Waals surface area contributed by atoms with Gasteiger partial charge in [-0.15, -0.1) is 0 Å². The van der Waals surface area contributed by atoms with Gasteiger partial charge in [-0.25, -0.2) is 9.18 Å². The highest BCUT2D eigenvalue weighted by molar-refractivity contribution is 6.10. The van der Waals surface area contributed by atoms with Gasteiger partial charge in [-0.1, -0.05) is 29.4 Å². The molecule has 1 heterocycles. The monoisotopic (exact) mass is 400 g/mol. The number of rotatable bonds is 6. The first-order valence-corrected chi connectivity index (χ1v) is 8.56. The second-order valence-corrected chi connectivity index (χ2v) is 6.37. The molecular weight excluding hydrogens is 383 g/mol. The van der Waals surface area contributed by atoms with Crippen molar-refractivity contribution in [3.8, 4) is 0 Å². The first-order valence-electron chi connectivity index (χ1n) is 8.56. The molecule has 1 aliphatic heterocycles. The number of aliphatic carboxylic acids is 1. The summed E-state index contributed by atoms with van der Waals surface area (Å²) in [4.78, 5) is 41.6. The third-order valence-corrected chi connectivity index (χ3v) is 4.39. The molecule has 8 nitrogen and oxygen atoms in total. The largest absolute Gasteiger partial charge is 0.481 e. The fourth-order valence-corrected chi connectivity index (χ4v) is 2.93. The summed E-state index contributed by atoms with van der Waals surface area (Å²) in [6, 6.07) is 11.5. The van der Waals surface area contributed by atoms with Crippen LogP contribution in [0.25, 0.3) is 0 Å². The molecule has 0 aliphatic carbocycles. The molecule has 0 spiro atoms. The Hall–Kier alpha value is -3.75. The maximum atomic E-state index is 13.1. The van der Waals surface area contributed by atoms with Gasteiger partial charge in [0.1, 0.15) is 5.82 Å². The van der Waals surface area contributed by atoms with Crippen molar-refractivity contribution in [2.45, 2.75) is 18.4 Å². The lowest BCUT2D eigenvalue weighted by atomic mass is 9.90. The summed E-state index contributed by atoms with van der Waals surface area (Å²) in [5.41, 5.74) is -0.762. The fourth-order valence-electron chi connectivity index (χ4n) is 2.93. The lowest BCUT2D eigenvalue weighted by molar-refractivity contribution is -0.152. The third kappa shape index (κ3) is 4.23. The summed E-state index contributed by atoms with van der Waals surface area (Å²) in [5, 5.41) is 15.7. The van der Waals surface area contributed by atoms with Crippen molar-refractivity contribution in [1.29, 1.82) is 0 Å². The second kappa shape index (κ2) is 8.09. The molecule has 1 atom stereocenters. The number of para-hydroxylation sites is 1. The number of nitrogens with zero attached hydrogens (tertiary/aromatic N) is 1. The van der Waals surface area contributed by atoms with E-state index in [9.17, 15) is 23.9 Å². The number of hydrogen-bond acceptors (Lipinski definition) is 6. The number of oxime groups is 1. The first kappa shape index (κ1) is 20.0. The number of benzene rings is 2. The average molecular weight is 400 g/mol. The van der Waals surface area contributed by atoms with E-state index in [1.165, 1.54) is 43.5 Å². The van der Waals surface area contributed by atoms with Crippen molar-refractivity contribution >= 4 is 29.2 Å². The van der Waals surface area contributed by atoms with Crippen LogP contribution >= 0.6 is 0 Å². The molecule has 0 saturated heterocycles. The quantitative estimate of drug-likeness (QED) is 0.721. The molecule has 0 aromatic heterocycles. The number of methoxy groups -OCH3 is 1. The van der Waals surface area contributed by atoms with Gasteiger partial charge in [-0.2, -0.15) is 0 Å². The molecule has 2 aromatic carbocycles. The van der Waals surface area contributed by atoms with Crippen LogP contribution in [0.15, 0.2) is 53.7 Å². The Labute approximate surface area is 164 Å². The predicted octanol–water partition coefficient (Wildman–Crippen LogP) is 2.59. The number of carboxylic acids is 1. The Morgan fingerprint density at radius 3 is 2.55 bits per heavy atom. The van der Waals surface area contributed by atoms with Gasteiger partial charge in [0.2, 0.25) is 5.60 Å². The number of carbonyl (C=O) groups excluding carboxylic acids is 2. The summed E-state index contributed by atoms with van der Waals surface area (Å²) >= 11 is 0. The number of carbonyl (C=O) groups is 3. The molecule has 0 radical (unpaired) electrons. The summed E-state index contributed by atoms with van der Waals surface area (Å²) < 4.78 is 17.8. The van der Waals surface area contributed by atoms with Crippen molar-refractivity contribution in [1.82, 2.24) is 0 Å². The number of ether oxygens (including phenoxy) is 1. The van der Waals surface area contributed by atoms with E-state index in [1.54, 1.807) is 12.1 Å². The molecule has 2 N–H and O–H groups in total. The number of nitrogens with one attached hydrogen (secondary N) is 1. The number of amides is 1. The second-order valence-electron chi connectivity index (χ2n) is 6.37. The van der Waals surface area contributed by atoms with Crippen LogP contribution in [0.2, 0.25) is 0 Å². The normalized spacial score (nSPS) is 17.8. The topological polar surface area (TPSA) is 114 Å². The molecule has 0 unspecified atom stereocenters. The van der Waals surface area contributed by atoms with Crippen LogP contribution in [0.3, 0.4) is 0 Å². The zero-order chi connectivity index (χ0) is 21.0. The Balaban J connectivity index is 1.87. The lowest BCUT2D eigenvalue weighted by Gasteiger charge is -2.24. The van der Waals surface area contributed by atoms with Crippen LogP contribution < -0.4 is 5.32 Å². The number of anilines is 1. The van der Waals surface area contributed by atoms with E-state index in [-0.39, 0.29) is 17.7 Å². The summed E-state index contributed by atoms with van der Waals surface area (Å²) in [6.45, 7) is 0. The zero-order valence-corrected chi connectivity index (χ0v) is 15.3. The van der Waals surface area contributed by atoms with Gasteiger partial charge in [-0.05, 0) is 29.8 Å².